The highest BCUT2D eigenvalue weighted by Gasteiger charge is 2.45. The van der Waals surface area contributed by atoms with Crippen molar-refractivity contribution in [1.29, 1.82) is 0 Å². The van der Waals surface area contributed by atoms with E-state index < -0.39 is 38.9 Å². The topological polar surface area (TPSA) is 178 Å². The van der Waals surface area contributed by atoms with E-state index in [0.717, 1.165) is 17.6 Å². The second kappa shape index (κ2) is 9.16. The molecule has 5 rings (SSSR count). The van der Waals surface area contributed by atoms with Gasteiger partial charge in [0.05, 0.1) is 12.9 Å². The smallest absolute Gasteiger partial charge is 0.387 e. The number of nitrogens with zero attached hydrogens (tertiary/aromatic N) is 4. The largest absolute Gasteiger partial charge is 0.403 e. The maximum absolute atomic E-state index is 12.5. The van der Waals surface area contributed by atoms with Crippen LogP contribution in [0.15, 0.2) is 43.0 Å². The summed E-state index contributed by atoms with van der Waals surface area (Å²) in [6, 6.07) is 8.06. The van der Waals surface area contributed by atoms with Crippen LogP contribution in [-0.4, -0.2) is 66.1 Å². The molecule has 2 unspecified atom stereocenters. The van der Waals surface area contributed by atoms with E-state index >= 15 is 0 Å². The summed E-state index contributed by atoms with van der Waals surface area (Å²) in [5.41, 5.74) is 9.94. The summed E-state index contributed by atoms with van der Waals surface area (Å²) in [4.78, 5) is 22.3. The second-order valence-corrected chi connectivity index (χ2v) is 9.81. The first kappa shape index (κ1) is 23.1. The highest BCUT2D eigenvalue weighted by atomic mass is 31.2. The number of aliphatic hydroxyl groups is 2. The van der Waals surface area contributed by atoms with E-state index in [1.807, 2.05) is 18.2 Å². The van der Waals surface area contributed by atoms with Gasteiger partial charge in [-0.15, -0.1) is 0 Å². The molecule has 1 saturated heterocycles. The average molecular weight is 488 g/mol. The van der Waals surface area contributed by atoms with Gasteiger partial charge in [-0.3, -0.25) is 9.09 Å². The number of imidazole rings is 1. The van der Waals surface area contributed by atoms with Gasteiger partial charge in [0.15, 0.2) is 17.7 Å². The summed E-state index contributed by atoms with van der Waals surface area (Å²) in [7, 11) is -4.16. The Kier molecular flexibility index (Phi) is 6.21. The number of rotatable bonds is 8. The van der Waals surface area contributed by atoms with E-state index in [-0.39, 0.29) is 12.4 Å². The predicted octanol–water partition coefficient (Wildman–Crippen LogP) is 0.764. The highest BCUT2D eigenvalue weighted by molar-refractivity contribution is 7.50. The van der Waals surface area contributed by atoms with Gasteiger partial charge in [-0.05, 0) is 29.5 Å². The summed E-state index contributed by atoms with van der Waals surface area (Å²) in [5, 5.41) is 23.4. The third-order valence-corrected chi connectivity index (χ3v) is 7.17. The first-order valence-electron chi connectivity index (χ1n) is 10.8. The maximum atomic E-state index is 12.5. The number of anilines is 1. The standard InChI is InChI=1S/C21H25N6O6P/c22-19-16-20(24-10-23-19)27(11-25-16)21-18(29)17(28)15(33-21)9-32-34(30,31)26-8-7-13-6-5-12-3-1-2-4-14(12)13/h1-4,6,10-11,15,17-18,21,28-29H,5,7-9H2,(H2,22,23,24)(H2,26,30,31)/t15-,17?,18-,21-/m1/s1. The molecule has 13 heteroatoms. The number of nitrogens with two attached hydrogens (primary N) is 1. The molecule has 3 aromatic rings. The molecule has 12 nitrogen and oxygen atoms in total. The second-order valence-electron chi connectivity index (χ2n) is 8.19. The summed E-state index contributed by atoms with van der Waals surface area (Å²) < 4.78 is 24.8. The third-order valence-electron chi connectivity index (χ3n) is 6.05. The van der Waals surface area contributed by atoms with Gasteiger partial charge in [0.2, 0.25) is 0 Å². The maximum Gasteiger partial charge on any atom is 0.403 e. The van der Waals surface area contributed by atoms with Crippen molar-refractivity contribution in [2.24, 2.45) is 0 Å². The van der Waals surface area contributed by atoms with Crippen LogP contribution in [0, 0.1) is 0 Å². The van der Waals surface area contributed by atoms with E-state index in [2.05, 4.69) is 32.2 Å². The number of aromatic nitrogens is 4. The number of ether oxygens (including phenoxy) is 1. The van der Waals surface area contributed by atoms with Crippen molar-refractivity contribution < 1.29 is 28.9 Å². The van der Waals surface area contributed by atoms with E-state index in [4.69, 9.17) is 15.0 Å². The van der Waals surface area contributed by atoms with Crippen LogP contribution in [0.25, 0.3) is 16.7 Å². The Labute approximate surface area is 194 Å². The van der Waals surface area contributed by atoms with Gasteiger partial charge in [-0.25, -0.2) is 24.6 Å². The van der Waals surface area contributed by atoms with Crippen molar-refractivity contribution in [3.05, 3.63) is 54.1 Å². The van der Waals surface area contributed by atoms with Crippen LogP contribution in [0.5, 0.6) is 0 Å². The van der Waals surface area contributed by atoms with Crippen LogP contribution in [0.4, 0.5) is 5.82 Å². The van der Waals surface area contributed by atoms with E-state index in [0.29, 0.717) is 17.6 Å². The molecule has 6 N–H and O–H groups in total. The van der Waals surface area contributed by atoms with Crippen LogP contribution in [-0.2, 0) is 20.2 Å². The SMILES string of the molecule is Nc1ncnc2c1ncn2[C@@H]1O[C@H](COP(=O)(O)NCCC2=CCc3ccccc32)C(O)[C@H]1O. The zero-order chi connectivity index (χ0) is 23.9. The van der Waals surface area contributed by atoms with E-state index in [1.165, 1.54) is 22.8 Å². The molecule has 180 valence electrons. The minimum atomic E-state index is -4.16. The fourth-order valence-electron chi connectivity index (χ4n) is 4.30. The molecule has 2 aliphatic rings. The number of allylic oxidation sites excluding steroid dienone is 1. The highest BCUT2D eigenvalue weighted by Crippen LogP contribution is 2.40. The van der Waals surface area contributed by atoms with Gasteiger partial charge >= 0.3 is 7.75 Å². The summed E-state index contributed by atoms with van der Waals surface area (Å²) in [6.07, 6.45) is 1.35. The summed E-state index contributed by atoms with van der Waals surface area (Å²) in [5.74, 6) is 0.167. The molecule has 0 amide bonds. The lowest BCUT2D eigenvalue weighted by molar-refractivity contribution is -0.0487. The number of hydrogen-bond acceptors (Lipinski definition) is 9. The van der Waals surface area contributed by atoms with Crippen molar-refractivity contribution >= 4 is 30.3 Å². The van der Waals surface area contributed by atoms with Crippen molar-refractivity contribution in [2.75, 3.05) is 18.9 Å². The lowest BCUT2D eigenvalue weighted by Crippen LogP contribution is -2.34. The number of nitrogen functional groups attached to an aromatic ring is 1. The number of nitrogens with one attached hydrogen (secondary N) is 1. The molecular formula is C21H25N6O6P. The van der Waals surface area contributed by atoms with Gasteiger partial charge < -0.3 is 25.6 Å². The number of benzene rings is 1. The predicted molar refractivity (Wildman–Crippen MR) is 122 cm³/mol. The zero-order valence-electron chi connectivity index (χ0n) is 18.1. The van der Waals surface area contributed by atoms with E-state index in [9.17, 15) is 19.7 Å². The summed E-state index contributed by atoms with van der Waals surface area (Å²) >= 11 is 0. The molecular weight excluding hydrogens is 463 g/mol. The van der Waals surface area contributed by atoms with Crippen molar-refractivity contribution in [3.63, 3.8) is 0 Å². The van der Waals surface area contributed by atoms with Crippen LogP contribution in [0.2, 0.25) is 0 Å². The Bertz CT molecular complexity index is 1280. The molecule has 2 aromatic heterocycles. The molecule has 3 heterocycles. The lowest BCUT2D eigenvalue weighted by Gasteiger charge is -2.18. The molecule has 5 atom stereocenters. The normalized spacial score (nSPS) is 25.9. The lowest BCUT2D eigenvalue weighted by atomic mass is 10.0. The number of hydrogen-bond donors (Lipinski definition) is 5. The molecule has 0 bridgehead atoms. The Hall–Kier alpha value is -2.70. The van der Waals surface area contributed by atoms with Crippen LogP contribution in [0.1, 0.15) is 23.8 Å². The van der Waals surface area contributed by atoms with Gasteiger partial charge in [0, 0.05) is 6.54 Å². The van der Waals surface area contributed by atoms with Crippen molar-refractivity contribution in [2.45, 2.75) is 37.4 Å². The van der Waals surface area contributed by atoms with Crippen molar-refractivity contribution in [3.8, 4) is 0 Å². The Morgan fingerprint density at radius 1 is 1.24 bits per heavy atom. The van der Waals surface area contributed by atoms with Gasteiger partial charge in [0.1, 0.15) is 30.2 Å². The molecule has 1 aliphatic carbocycles. The minimum absolute atomic E-state index is 0.167. The molecule has 1 fully saturated rings. The molecule has 0 radical (unpaired) electrons. The summed E-state index contributed by atoms with van der Waals surface area (Å²) in [6.45, 7) is -0.180. The fourth-order valence-corrected chi connectivity index (χ4v) is 5.13. The number of fused-ring (bicyclic) bond motifs is 2. The van der Waals surface area contributed by atoms with Gasteiger partial charge in [-0.1, -0.05) is 30.3 Å². The van der Waals surface area contributed by atoms with Crippen LogP contribution < -0.4 is 10.8 Å². The van der Waals surface area contributed by atoms with Gasteiger partial charge in [-0.2, -0.15) is 0 Å². The fraction of sp³-hybridized carbons (Fsp3) is 0.381. The van der Waals surface area contributed by atoms with Gasteiger partial charge in [0.25, 0.3) is 0 Å². The number of aliphatic hydroxyl groups excluding tert-OH is 2. The molecule has 0 saturated carbocycles. The molecule has 0 spiro atoms. The minimum Gasteiger partial charge on any atom is -0.387 e. The third kappa shape index (κ3) is 4.37. The molecule has 34 heavy (non-hydrogen) atoms. The van der Waals surface area contributed by atoms with Crippen LogP contribution >= 0.6 is 7.75 Å². The molecule has 1 aliphatic heterocycles. The first-order valence-corrected chi connectivity index (χ1v) is 12.4. The average Bonchev–Trinajstić information content (AvgIpc) is 3.50. The first-order chi connectivity index (χ1) is 16.3. The quantitative estimate of drug-likeness (QED) is 0.283. The van der Waals surface area contributed by atoms with Crippen molar-refractivity contribution in [1.82, 2.24) is 24.6 Å². The monoisotopic (exact) mass is 488 g/mol. The Balaban J connectivity index is 1.17. The Morgan fingerprint density at radius 2 is 2.06 bits per heavy atom. The van der Waals surface area contributed by atoms with Crippen LogP contribution in [0.3, 0.4) is 0 Å². The zero-order valence-corrected chi connectivity index (χ0v) is 19.0. The molecule has 1 aromatic carbocycles. The van der Waals surface area contributed by atoms with E-state index in [1.54, 1.807) is 0 Å². The Morgan fingerprint density at radius 3 is 2.91 bits per heavy atom.